The predicted octanol–water partition coefficient (Wildman–Crippen LogP) is 2.58. The number of methoxy groups -OCH3 is 1. The van der Waals surface area contributed by atoms with Crippen molar-refractivity contribution in [1.29, 1.82) is 0 Å². The van der Waals surface area contributed by atoms with Gasteiger partial charge in [-0.3, -0.25) is 4.90 Å². The molecule has 2 rings (SSSR count). The molecule has 0 spiro atoms. The summed E-state index contributed by atoms with van der Waals surface area (Å²) in [7, 11) is 1.69. The van der Waals surface area contributed by atoms with Crippen molar-refractivity contribution in [3.8, 4) is 11.5 Å². The van der Waals surface area contributed by atoms with E-state index in [1.165, 1.54) is 31.5 Å². The van der Waals surface area contributed by atoms with Crippen LogP contribution in [0.3, 0.4) is 0 Å². The van der Waals surface area contributed by atoms with Crippen molar-refractivity contribution in [1.82, 2.24) is 4.90 Å². The van der Waals surface area contributed by atoms with Crippen LogP contribution in [0.2, 0.25) is 0 Å². The molecule has 112 valence electrons. The Kier molecular flexibility index (Phi) is 5.68. The maximum absolute atomic E-state index is 5.80. The van der Waals surface area contributed by atoms with Gasteiger partial charge in [0.05, 0.1) is 13.7 Å². The van der Waals surface area contributed by atoms with E-state index in [0.29, 0.717) is 19.2 Å². The van der Waals surface area contributed by atoms with Crippen LogP contribution in [-0.2, 0) is 0 Å². The molecule has 1 atom stereocenters. The molecular formula is C16H26N2O2. The number of nitrogens with two attached hydrogens (primary N) is 1. The largest absolute Gasteiger partial charge is 0.493 e. The van der Waals surface area contributed by atoms with Crippen LogP contribution in [0.15, 0.2) is 18.2 Å². The van der Waals surface area contributed by atoms with Crippen molar-refractivity contribution in [3.63, 3.8) is 0 Å². The van der Waals surface area contributed by atoms with Gasteiger partial charge in [0.25, 0.3) is 0 Å². The lowest BCUT2D eigenvalue weighted by molar-refractivity contribution is 0.235. The van der Waals surface area contributed by atoms with Gasteiger partial charge in [-0.15, -0.1) is 0 Å². The lowest BCUT2D eigenvalue weighted by Crippen LogP contribution is -2.27. The summed E-state index contributed by atoms with van der Waals surface area (Å²) in [5.74, 6) is 1.62. The number of rotatable bonds is 7. The average Bonchev–Trinajstić information content (AvgIpc) is 2.99. The standard InChI is InChI=1S/C16H26N2O2/c1-3-20-15-7-6-13(12-16(15)19-2)14(8-9-17)18-10-4-5-11-18/h6-7,12,14H,3-5,8-11,17H2,1-2H3. The van der Waals surface area contributed by atoms with Crippen LogP contribution in [0.4, 0.5) is 0 Å². The third-order valence-corrected chi connectivity index (χ3v) is 3.89. The van der Waals surface area contributed by atoms with E-state index < -0.39 is 0 Å². The zero-order valence-electron chi connectivity index (χ0n) is 12.6. The van der Waals surface area contributed by atoms with Gasteiger partial charge in [-0.05, 0) is 63.5 Å². The smallest absolute Gasteiger partial charge is 0.161 e. The van der Waals surface area contributed by atoms with Crippen LogP contribution in [0.5, 0.6) is 11.5 Å². The Bertz CT molecular complexity index is 417. The Morgan fingerprint density at radius 2 is 2.00 bits per heavy atom. The first-order valence-corrected chi connectivity index (χ1v) is 7.55. The molecule has 1 aliphatic rings. The SMILES string of the molecule is CCOc1ccc(C(CCN)N2CCCC2)cc1OC. The zero-order valence-corrected chi connectivity index (χ0v) is 12.6. The Morgan fingerprint density at radius 3 is 2.60 bits per heavy atom. The van der Waals surface area contributed by atoms with E-state index in [9.17, 15) is 0 Å². The third-order valence-electron chi connectivity index (χ3n) is 3.89. The van der Waals surface area contributed by atoms with E-state index >= 15 is 0 Å². The highest BCUT2D eigenvalue weighted by molar-refractivity contribution is 5.44. The van der Waals surface area contributed by atoms with Gasteiger partial charge in [0, 0.05) is 6.04 Å². The molecule has 4 nitrogen and oxygen atoms in total. The van der Waals surface area contributed by atoms with Gasteiger partial charge in [0.1, 0.15) is 0 Å². The number of ether oxygens (including phenoxy) is 2. The van der Waals surface area contributed by atoms with Crippen molar-refractivity contribution in [2.24, 2.45) is 5.73 Å². The van der Waals surface area contributed by atoms with Crippen LogP contribution < -0.4 is 15.2 Å². The fourth-order valence-corrected chi connectivity index (χ4v) is 2.94. The maximum atomic E-state index is 5.80. The molecule has 0 saturated carbocycles. The quantitative estimate of drug-likeness (QED) is 0.833. The lowest BCUT2D eigenvalue weighted by atomic mass is 10.0. The van der Waals surface area contributed by atoms with Gasteiger partial charge in [-0.1, -0.05) is 6.07 Å². The molecule has 0 bridgehead atoms. The highest BCUT2D eigenvalue weighted by Gasteiger charge is 2.23. The summed E-state index contributed by atoms with van der Waals surface area (Å²) >= 11 is 0. The normalized spacial score (nSPS) is 17.1. The van der Waals surface area contributed by atoms with E-state index in [2.05, 4.69) is 17.0 Å². The molecule has 20 heavy (non-hydrogen) atoms. The summed E-state index contributed by atoms with van der Waals surface area (Å²) < 4.78 is 11.0. The molecule has 0 aliphatic carbocycles. The highest BCUT2D eigenvalue weighted by Crippen LogP contribution is 2.34. The topological polar surface area (TPSA) is 47.7 Å². The number of benzene rings is 1. The van der Waals surface area contributed by atoms with Gasteiger partial charge in [0.15, 0.2) is 11.5 Å². The monoisotopic (exact) mass is 278 g/mol. The second-order valence-corrected chi connectivity index (χ2v) is 5.18. The molecule has 1 aromatic rings. The molecule has 1 unspecified atom stereocenters. The van der Waals surface area contributed by atoms with Gasteiger partial charge >= 0.3 is 0 Å². The average molecular weight is 278 g/mol. The minimum absolute atomic E-state index is 0.395. The number of likely N-dealkylation sites (tertiary alicyclic amines) is 1. The molecule has 1 aromatic carbocycles. The van der Waals surface area contributed by atoms with Crippen molar-refractivity contribution in [2.75, 3.05) is 33.4 Å². The van der Waals surface area contributed by atoms with Gasteiger partial charge < -0.3 is 15.2 Å². The van der Waals surface area contributed by atoms with Gasteiger partial charge in [0.2, 0.25) is 0 Å². The summed E-state index contributed by atoms with van der Waals surface area (Å²) in [4.78, 5) is 2.53. The summed E-state index contributed by atoms with van der Waals surface area (Å²) in [6.07, 6.45) is 3.56. The van der Waals surface area contributed by atoms with E-state index in [-0.39, 0.29) is 0 Å². The Labute approximate surface area is 121 Å². The molecule has 1 fully saturated rings. The predicted molar refractivity (Wildman–Crippen MR) is 81.4 cm³/mol. The van der Waals surface area contributed by atoms with E-state index in [4.69, 9.17) is 15.2 Å². The Hall–Kier alpha value is -1.26. The molecule has 1 aliphatic heterocycles. The van der Waals surface area contributed by atoms with E-state index in [1.54, 1.807) is 7.11 Å². The second-order valence-electron chi connectivity index (χ2n) is 5.18. The molecule has 4 heteroatoms. The van der Waals surface area contributed by atoms with Crippen LogP contribution in [0.25, 0.3) is 0 Å². The number of nitrogens with zero attached hydrogens (tertiary/aromatic N) is 1. The molecule has 0 amide bonds. The van der Waals surface area contributed by atoms with Gasteiger partial charge in [-0.25, -0.2) is 0 Å². The van der Waals surface area contributed by atoms with E-state index in [1.807, 2.05) is 13.0 Å². The van der Waals surface area contributed by atoms with Crippen molar-refractivity contribution < 1.29 is 9.47 Å². The number of hydrogen-bond acceptors (Lipinski definition) is 4. The van der Waals surface area contributed by atoms with Crippen molar-refractivity contribution >= 4 is 0 Å². The Balaban J connectivity index is 2.23. The Morgan fingerprint density at radius 1 is 1.25 bits per heavy atom. The van der Waals surface area contributed by atoms with Crippen molar-refractivity contribution in [3.05, 3.63) is 23.8 Å². The van der Waals surface area contributed by atoms with Gasteiger partial charge in [-0.2, -0.15) is 0 Å². The summed E-state index contributed by atoms with van der Waals surface area (Å²) in [5, 5.41) is 0. The van der Waals surface area contributed by atoms with Crippen molar-refractivity contribution in [2.45, 2.75) is 32.2 Å². The fourth-order valence-electron chi connectivity index (χ4n) is 2.94. The first-order chi connectivity index (χ1) is 9.80. The first kappa shape index (κ1) is 15.1. The maximum Gasteiger partial charge on any atom is 0.161 e. The first-order valence-electron chi connectivity index (χ1n) is 7.55. The molecule has 0 radical (unpaired) electrons. The minimum Gasteiger partial charge on any atom is -0.493 e. The minimum atomic E-state index is 0.395. The molecule has 1 saturated heterocycles. The summed E-state index contributed by atoms with van der Waals surface area (Å²) in [5.41, 5.74) is 7.08. The lowest BCUT2D eigenvalue weighted by Gasteiger charge is -2.28. The number of hydrogen-bond donors (Lipinski definition) is 1. The fraction of sp³-hybridized carbons (Fsp3) is 0.625. The van der Waals surface area contributed by atoms with Crippen LogP contribution in [0.1, 0.15) is 37.8 Å². The van der Waals surface area contributed by atoms with E-state index in [0.717, 1.165) is 17.9 Å². The second kappa shape index (κ2) is 7.50. The highest BCUT2D eigenvalue weighted by atomic mass is 16.5. The molecule has 0 aromatic heterocycles. The zero-order chi connectivity index (χ0) is 14.4. The molecular weight excluding hydrogens is 252 g/mol. The third kappa shape index (κ3) is 3.44. The summed E-state index contributed by atoms with van der Waals surface area (Å²) in [6, 6.07) is 6.65. The van der Waals surface area contributed by atoms with Crippen LogP contribution in [-0.4, -0.2) is 38.3 Å². The van der Waals surface area contributed by atoms with Crippen LogP contribution in [0, 0.1) is 0 Å². The molecule has 2 N–H and O–H groups in total. The summed E-state index contributed by atoms with van der Waals surface area (Å²) in [6.45, 7) is 5.67. The van der Waals surface area contributed by atoms with Crippen LogP contribution >= 0.6 is 0 Å². The molecule has 1 heterocycles.